The van der Waals surface area contributed by atoms with Crippen LogP contribution in [0.1, 0.15) is 6.92 Å². The largest absolute Gasteiger partial charge is 0.304 e. The highest BCUT2D eigenvalue weighted by molar-refractivity contribution is 4.28. The van der Waals surface area contributed by atoms with E-state index in [9.17, 15) is 0 Å². The van der Waals surface area contributed by atoms with Gasteiger partial charge in [0.2, 0.25) is 0 Å². The van der Waals surface area contributed by atoms with Crippen LogP contribution in [0.15, 0.2) is 0 Å². The smallest absolute Gasteiger partial charge is 0.0700 e. The molecule has 3 nitrogen and oxygen atoms in total. The SMILES string of the molecule is CCNCNOC. The molecule has 0 aromatic rings. The van der Waals surface area contributed by atoms with Gasteiger partial charge in [0, 0.05) is 0 Å². The zero-order valence-electron chi connectivity index (χ0n) is 4.82. The van der Waals surface area contributed by atoms with Crippen molar-refractivity contribution in [3.8, 4) is 0 Å². The van der Waals surface area contributed by atoms with Gasteiger partial charge in [0.15, 0.2) is 0 Å². The van der Waals surface area contributed by atoms with E-state index in [4.69, 9.17) is 0 Å². The number of rotatable bonds is 4. The maximum atomic E-state index is 4.53. The van der Waals surface area contributed by atoms with Gasteiger partial charge in [-0.3, -0.25) is 0 Å². The molecule has 0 spiro atoms. The van der Waals surface area contributed by atoms with E-state index in [1.807, 2.05) is 6.92 Å². The van der Waals surface area contributed by atoms with Gasteiger partial charge in [0.1, 0.15) is 0 Å². The molecule has 7 heavy (non-hydrogen) atoms. The minimum absolute atomic E-state index is 0.715. The Labute approximate surface area is 44.0 Å². The molecule has 0 amide bonds. The molecule has 0 aliphatic heterocycles. The number of hydrogen-bond acceptors (Lipinski definition) is 3. The normalized spacial score (nSPS) is 9.43. The van der Waals surface area contributed by atoms with Crippen molar-refractivity contribution in [3.05, 3.63) is 0 Å². The van der Waals surface area contributed by atoms with Crippen LogP contribution in [0.4, 0.5) is 0 Å². The molecule has 0 rings (SSSR count). The molecule has 44 valence electrons. The first-order chi connectivity index (χ1) is 3.41. The summed E-state index contributed by atoms with van der Waals surface area (Å²) in [6, 6.07) is 0. The molecule has 0 unspecified atom stereocenters. The lowest BCUT2D eigenvalue weighted by Crippen LogP contribution is -2.27. The minimum Gasteiger partial charge on any atom is -0.304 e. The van der Waals surface area contributed by atoms with Crippen molar-refractivity contribution >= 4 is 0 Å². The lowest BCUT2D eigenvalue weighted by atomic mass is 10.8. The zero-order valence-corrected chi connectivity index (χ0v) is 4.82. The van der Waals surface area contributed by atoms with Gasteiger partial charge in [-0.15, -0.1) is 0 Å². The van der Waals surface area contributed by atoms with Gasteiger partial charge in [-0.25, -0.2) is 0 Å². The van der Waals surface area contributed by atoms with Crippen LogP contribution in [-0.2, 0) is 4.84 Å². The van der Waals surface area contributed by atoms with E-state index >= 15 is 0 Å². The summed E-state index contributed by atoms with van der Waals surface area (Å²) in [7, 11) is 1.59. The molecule has 0 radical (unpaired) electrons. The average Bonchev–Trinajstić information content (AvgIpc) is 1.69. The fraction of sp³-hybridized carbons (Fsp3) is 1.00. The van der Waals surface area contributed by atoms with Gasteiger partial charge in [0.25, 0.3) is 0 Å². The molecule has 0 bridgehead atoms. The standard InChI is InChI=1S/C4H12N2O/c1-3-5-4-6-7-2/h5-6H,3-4H2,1-2H3. The third-order valence-corrected chi connectivity index (χ3v) is 0.592. The summed E-state index contributed by atoms with van der Waals surface area (Å²) in [4.78, 5) is 4.53. The summed E-state index contributed by atoms with van der Waals surface area (Å²) in [5.41, 5.74) is 2.64. The van der Waals surface area contributed by atoms with Crippen molar-refractivity contribution in [2.75, 3.05) is 20.3 Å². The van der Waals surface area contributed by atoms with Gasteiger partial charge in [-0.2, -0.15) is 5.48 Å². The third kappa shape index (κ3) is 5.88. The van der Waals surface area contributed by atoms with Crippen molar-refractivity contribution < 1.29 is 4.84 Å². The quantitative estimate of drug-likeness (QED) is 0.292. The molecule has 0 aliphatic rings. The number of hydrogen-bond donors (Lipinski definition) is 2. The fourth-order valence-corrected chi connectivity index (χ4v) is 0.248. The molecule has 0 saturated carbocycles. The lowest BCUT2D eigenvalue weighted by molar-refractivity contribution is 0.0862. The van der Waals surface area contributed by atoms with Gasteiger partial charge in [-0.1, -0.05) is 6.92 Å². The second kappa shape index (κ2) is 5.88. The topological polar surface area (TPSA) is 33.3 Å². The molecule has 0 aliphatic carbocycles. The fourth-order valence-electron chi connectivity index (χ4n) is 0.248. The molecule has 0 aromatic carbocycles. The molecule has 0 aromatic heterocycles. The Balaban J connectivity index is 2.45. The second-order valence-corrected chi connectivity index (χ2v) is 1.13. The van der Waals surface area contributed by atoms with Gasteiger partial charge in [-0.05, 0) is 6.54 Å². The molecule has 0 atom stereocenters. The Kier molecular flexibility index (Phi) is 5.78. The van der Waals surface area contributed by atoms with E-state index in [1.165, 1.54) is 0 Å². The molecule has 0 heterocycles. The summed E-state index contributed by atoms with van der Waals surface area (Å²) in [6.07, 6.45) is 0. The van der Waals surface area contributed by atoms with Gasteiger partial charge in [0.05, 0.1) is 13.8 Å². The summed E-state index contributed by atoms with van der Waals surface area (Å²) in [6.45, 7) is 3.72. The highest BCUT2D eigenvalue weighted by Gasteiger charge is 1.73. The predicted molar refractivity (Wildman–Crippen MR) is 28.7 cm³/mol. The Morgan fingerprint density at radius 3 is 2.71 bits per heavy atom. The summed E-state index contributed by atoms with van der Waals surface area (Å²) in [5, 5.41) is 3.01. The molecule has 2 N–H and O–H groups in total. The van der Waals surface area contributed by atoms with Crippen LogP contribution in [0.2, 0.25) is 0 Å². The molecule has 0 fully saturated rings. The average molecular weight is 104 g/mol. The van der Waals surface area contributed by atoms with Crippen molar-refractivity contribution in [1.82, 2.24) is 10.8 Å². The van der Waals surface area contributed by atoms with Crippen molar-refractivity contribution in [2.45, 2.75) is 6.92 Å². The Hall–Kier alpha value is -0.120. The van der Waals surface area contributed by atoms with E-state index in [0.717, 1.165) is 6.54 Å². The molecule has 0 saturated heterocycles. The van der Waals surface area contributed by atoms with E-state index in [2.05, 4.69) is 15.6 Å². The Morgan fingerprint density at radius 1 is 1.57 bits per heavy atom. The predicted octanol–water partition coefficient (Wildman–Crippen LogP) is -0.296. The first kappa shape index (κ1) is 6.88. The number of hydroxylamine groups is 1. The van der Waals surface area contributed by atoms with E-state index in [1.54, 1.807) is 7.11 Å². The van der Waals surface area contributed by atoms with Crippen LogP contribution in [-0.4, -0.2) is 20.3 Å². The van der Waals surface area contributed by atoms with Gasteiger partial charge >= 0.3 is 0 Å². The second-order valence-electron chi connectivity index (χ2n) is 1.13. The van der Waals surface area contributed by atoms with Crippen LogP contribution in [0, 0.1) is 0 Å². The first-order valence-corrected chi connectivity index (χ1v) is 2.38. The maximum Gasteiger partial charge on any atom is 0.0700 e. The highest BCUT2D eigenvalue weighted by Crippen LogP contribution is 1.50. The van der Waals surface area contributed by atoms with E-state index in [-0.39, 0.29) is 0 Å². The molecule has 3 heteroatoms. The minimum atomic E-state index is 0.715. The zero-order chi connectivity index (χ0) is 5.54. The van der Waals surface area contributed by atoms with Crippen LogP contribution >= 0.6 is 0 Å². The highest BCUT2D eigenvalue weighted by atomic mass is 16.6. The van der Waals surface area contributed by atoms with Crippen LogP contribution in [0.3, 0.4) is 0 Å². The summed E-state index contributed by atoms with van der Waals surface area (Å²) < 4.78 is 0. The third-order valence-electron chi connectivity index (χ3n) is 0.592. The maximum absolute atomic E-state index is 4.53. The van der Waals surface area contributed by atoms with Crippen molar-refractivity contribution in [1.29, 1.82) is 0 Å². The van der Waals surface area contributed by atoms with Crippen LogP contribution in [0.5, 0.6) is 0 Å². The van der Waals surface area contributed by atoms with Gasteiger partial charge < -0.3 is 10.2 Å². The molecular formula is C4H12N2O. The Morgan fingerprint density at radius 2 is 2.29 bits per heavy atom. The number of nitrogens with one attached hydrogen (secondary N) is 2. The summed E-state index contributed by atoms with van der Waals surface area (Å²) >= 11 is 0. The van der Waals surface area contributed by atoms with E-state index in [0.29, 0.717) is 6.67 Å². The van der Waals surface area contributed by atoms with Crippen molar-refractivity contribution in [3.63, 3.8) is 0 Å². The Bertz CT molecular complexity index is 28.9. The van der Waals surface area contributed by atoms with E-state index < -0.39 is 0 Å². The molecular weight excluding hydrogens is 92.1 g/mol. The first-order valence-electron chi connectivity index (χ1n) is 2.38. The van der Waals surface area contributed by atoms with Crippen molar-refractivity contribution in [2.24, 2.45) is 0 Å². The van der Waals surface area contributed by atoms with Crippen LogP contribution in [0.25, 0.3) is 0 Å². The monoisotopic (exact) mass is 104 g/mol. The van der Waals surface area contributed by atoms with Crippen LogP contribution < -0.4 is 10.8 Å². The summed E-state index contributed by atoms with van der Waals surface area (Å²) in [5.74, 6) is 0. The lowest BCUT2D eigenvalue weighted by Gasteiger charge is -1.98.